The van der Waals surface area contributed by atoms with E-state index in [0.717, 1.165) is 44.9 Å². The summed E-state index contributed by atoms with van der Waals surface area (Å²) in [7, 11) is 0. The van der Waals surface area contributed by atoms with E-state index in [2.05, 4.69) is 58.0 Å². The minimum absolute atomic E-state index is 0.147. The van der Waals surface area contributed by atoms with E-state index in [-0.39, 0.29) is 10.8 Å². The lowest BCUT2D eigenvalue weighted by Crippen LogP contribution is -2.44. The van der Waals surface area contributed by atoms with Gasteiger partial charge in [0.1, 0.15) is 5.78 Å². The molecule has 5 aliphatic rings. The molecule has 1 spiro atoms. The number of Topliss-reactive ketones (excluding diaryl/α,β-unsaturated/α-hetero) is 1. The molecule has 3 nitrogen and oxygen atoms in total. The normalized spacial score (nSPS) is 35.3. The third-order valence-corrected chi connectivity index (χ3v) is 9.56. The fourth-order valence-electron chi connectivity index (χ4n) is 7.77. The number of hydrogen-bond acceptors (Lipinski definition) is 3. The highest BCUT2D eigenvalue weighted by Crippen LogP contribution is 2.63. The second kappa shape index (κ2) is 7.39. The molecule has 4 atom stereocenters. The molecule has 1 aliphatic heterocycles. The van der Waals surface area contributed by atoms with Gasteiger partial charge in [-0.3, -0.25) is 4.79 Å². The van der Waals surface area contributed by atoms with E-state index in [1.807, 2.05) is 0 Å². The van der Waals surface area contributed by atoms with E-state index in [4.69, 9.17) is 9.47 Å². The zero-order valence-electron chi connectivity index (χ0n) is 20.7. The Hall–Kier alpha value is -1.71. The van der Waals surface area contributed by atoms with Crippen LogP contribution in [0.2, 0.25) is 0 Å². The molecule has 3 fully saturated rings. The van der Waals surface area contributed by atoms with Crippen molar-refractivity contribution in [3.8, 4) is 0 Å². The lowest BCUT2D eigenvalue weighted by Gasteiger charge is -2.51. The second-order valence-corrected chi connectivity index (χ2v) is 12.4. The summed E-state index contributed by atoms with van der Waals surface area (Å²) in [6.45, 7) is 10.5. The van der Waals surface area contributed by atoms with Crippen LogP contribution in [0.15, 0.2) is 47.1 Å². The predicted octanol–water partition coefficient (Wildman–Crippen LogP) is 6.63. The van der Waals surface area contributed by atoms with Gasteiger partial charge in [0.2, 0.25) is 0 Å². The summed E-state index contributed by atoms with van der Waals surface area (Å²) < 4.78 is 12.1. The molecule has 6 rings (SSSR count). The van der Waals surface area contributed by atoms with Crippen LogP contribution in [0.25, 0.3) is 0 Å². The zero-order valence-corrected chi connectivity index (χ0v) is 20.7. The van der Waals surface area contributed by atoms with Gasteiger partial charge in [-0.1, -0.05) is 57.5 Å². The lowest BCUT2D eigenvalue weighted by atomic mass is 9.53. The molecule has 0 N–H and O–H groups in total. The van der Waals surface area contributed by atoms with Gasteiger partial charge in [-0.05, 0) is 77.7 Å². The standard InChI is InChI=1S/C30H38O3/c1-28(2,3)21-8-5-19(6-9-21)24-18-29(4)25(11-12-26(29)31)23-10-7-20-17-30(32-15-16-33-30)14-13-22(20)27(23)24/h5-6,8-9,17,23-25H,7,10-16,18H2,1-4H3. The molecular weight excluding hydrogens is 408 g/mol. The summed E-state index contributed by atoms with van der Waals surface area (Å²) in [6, 6.07) is 9.33. The third-order valence-electron chi connectivity index (χ3n) is 9.56. The maximum Gasteiger partial charge on any atom is 0.188 e. The second-order valence-electron chi connectivity index (χ2n) is 12.4. The van der Waals surface area contributed by atoms with Gasteiger partial charge < -0.3 is 9.47 Å². The summed E-state index contributed by atoms with van der Waals surface area (Å²) >= 11 is 0. The molecular formula is C30H38O3. The molecule has 0 aromatic heterocycles. The lowest BCUT2D eigenvalue weighted by molar-refractivity contribution is -0.128. The molecule has 1 aromatic carbocycles. The van der Waals surface area contributed by atoms with Crippen LogP contribution in [0, 0.1) is 17.3 Å². The van der Waals surface area contributed by atoms with E-state index in [0.29, 0.717) is 36.8 Å². The Labute approximate surface area is 198 Å². The van der Waals surface area contributed by atoms with Crippen molar-refractivity contribution in [3.63, 3.8) is 0 Å². The molecule has 0 radical (unpaired) electrons. The average Bonchev–Trinajstić information content (AvgIpc) is 3.36. The molecule has 33 heavy (non-hydrogen) atoms. The zero-order chi connectivity index (χ0) is 23.0. The van der Waals surface area contributed by atoms with Crippen LogP contribution in [0.5, 0.6) is 0 Å². The maximum atomic E-state index is 13.2. The van der Waals surface area contributed by atoms with Crippen molar-refractivity contribution in [2.24, 2.45) is 17.3 Å². The fourth-order valence-corrected chi connectivity index (χ4v) is 7.77. The molecule has 1 heterocycles. The average molecular weight is 447 g/mol. The highest BCUT2D eigenvalue weighted by Gasteiger charge is 2.56. The number of benzene rings is 1. The third kappa shape index (κ3) is 3.33. The molecule has 0 bridgehead atoms. The van der Waals surface area contributed by atoms with Crippen molar-refractivity contribution in [1.29, 1.82) is 0 Å². The summed E-state index contributed by atoms with van der Waals surface area (Å²) in [5.74, 6) is 1.40. The number of hydrogen-bond donors (Lipinski definition) is 0. The largest absolute Gasteiger partial charge is 0.344 e. The van der Waals surface area contributed by atoms with Crippen molar-refractivity contribution in [2.75, 3.05) is 13.2 Å². The molecule has 4 aliphatic carbocycles. The Morgan fingerprint density at radius 3 is 2.39 bits per heavy atom. The first-order valence-electron chi connectivity index (χ1n) is 13.1. The number of fused-ring (bicyclic) bond motifs is 4. The van der Waals surface area contributed by atoms with Gasteiger partial charge in [0.15, 0.2) is 5.79 Å². The first-order valence-corrected chi connectivity index (χ1v) is 13.1. The Kier molecular flexibility index (Phi) is 4.88. The van der Waals surface area contributed by atoms with Crippen LogP contribution in [-0.2, 0) is 19.7 Å². The van der Waals surface area contributed by atoms with Gasteiger partial charge in [0.05, 0.1) is 13.2 Å². The van der Waals surface area contributed by atoms with E-state index in [1.165, 1.54) is 16.7 Å². The van der Waals surface area contributed by atoms with Crippen LogP contribution in [0.3, 0.4) is 0 Å². The summed E-state index contributed by atoms with van der Waals surface area (Å²) in [6.07, 6.45) is 9.32. The molecule has 2 saturated carbocycles. The van der Waals surface area contributed by atoms with E-state index >= 15 is 0 Å². The van der Waals surface area contributed by atoms with E-state index < -0.39 is 5.79 Å². The fraction of sp³-hybridized carbons (Fsp3) is 0.633. The van der Waals surface area contributed by atoms with Crippen LogP contribution in [0.4, 0.5) is 0 Å². The minimum Gasteiger partial charge on any atom is -0.344 e. The summed E-state index contributed by atoms with van der Waals surface area (Å²) in [5.41, 5.74) is 7.42. The Bertz CT molecular complexity index is 1030. The monoisotopic (exact) mass is 446 g/mol. The summed E-state index contributed by atoms with van der Waals surface area (Å²) in [4.78, 5) is 13.2. The van der Waals surface area contributed by atoms with Gasteiger partial charge in [-0.25, -0.2) is 0 Å². The number of ether oxygens (including phenoxy) is 2. The van der Waals surface area contributed by atoms with Gasteiger partial charge in [-0.2, -0.15) is 0 Å². The molecule has 4 unspecified atom stereocenters. The number of carbonyl (C=O) groups is 1. The van der Waals surface area contributed by atoms with Crippen molar-refractivity contribution < 1.29 is 14.3 Å². The van der Waals surface area contributed by atoms with Gasteiger partial charge in [-0.15, -0.1) is 0 Å². The van der Waals surface area contributed by atoms with Crippen molar-refractivity contribution in [2.45, 2.75) is 89.8 Å². The van der Waals surface area contributed by atoms with Crippen LogP contribution >= 0.6 is 0 Å². The van der Waals surface area contributed by atoms with Crippen LogP contribution < -0.4 is 0 Å². The van der Waals surface area contributed by atoms with Crippen molar-refractivity contribution in [3.05, 3.63) is 58.2 Å². The Morgan fingerprint density at radius 2 is 1.70 bits per heavy atom. The summed E-state index contributed by atoms with van der Waals surface area (Å²) in [5, 5.41) is 0. The van der Waals surface area contributed by atoms with Crippen molar-refractivity contribution in [1.82, 2.24) is 0 Å². The quantitative estimate of drug-likeness (QED) is 0.486. The molecule has 1 aromatic rings. The smallest absolute Gasteiger partial charge is 0.188 e. The SMILES string of the molecule is CC(C)(C)c1ccc(C2CC3(C)C(=O)CCC3C3CCC4=CC5(CCC4=C23)OCCO5)cc1. The van der Waals surface area contributed by atoms with E-state index in [1.54, 1.807) is 11.1 Å². The minimum atomic E-state index is -0.484. The maximum absolute atomic E-state index is 13.2. The highest BCUT2D eigenvalue weighted by atomic mass is 16.7. The predicted molar refractivity (Wildman–Crippen MR) is 130 cm³/mol. The topological polar surface area (TPSA) is 35.5 Å². The van der Waals surface area contributed by atoms with Gasteiger partial charge in [0.25, 0.3) is 0 Å². The van der Waals surface area contributed by atoms with Gasteiger partial charge >= 0.3 is 0 Å². The number of rotatable bonds is 1. The Balaban J connectivity index is 1.47. The Morgan fingerprint density at radius 1 is 0.970 bits per heavy atom. The molecule has 3 heteroatoms. The van der Waals surface area contributed by atoms with Crippen LogP contribution in [-0.4, -0.2) is 24.8 Å². The first kappa shape index (κ1) is 21.8. The van der Waals surface area contributed by atoms with Crippen molar-refractivity contribution >= 4 is 5.78 Å². The molecule has 1 saturated heterocycles. The van der Waals surface area contributed by atoms with Crippen LogP contribution in [0.1, 0.15) is 89.7 Å². The highest BCUT2D eigenvalue weighted by molar-refractivity contribution is 5.87. The number of carbonyl (C=O) groups excluding carboxylic acids is 1. The first-order chi connectivity index (χ1) is 15.7. The van der Waals surface area contributed by atoms with Gasteiger partial charge in [0, 0.05) is 24.2 Å². The molecule has 176 valence electrons. The number of allylic oxidation sites excluding steroid dienone is 3. The van der Waals surface area contributed by atoms with E-state index in [9.17, 15) is 4.79 Å². The molecule has 0 amide bonds. The number of ketones is 1.